The third kappa shape index (κ3) is 51.9. The van der Waals surface area contributed by atoms with Crippen molar-refractivity contribution in [3.8, 4) is 0 Å². The number of ether oxygens (including phenoxy) is 3. The molecule has 0 heterocycles. The standard InChI is InChI=1S/C59H104O6/c1-4-7-10-13-16-19-21-23-25-27-28-29-30-32-33-35-37-40-43-46-49-52-58(61)64-55-56(54-63-57(60)51-48-45-42-39-18-15-12-9-6-3)65-59(62)53-50-47-44-41-38-36-34-31-26-24-22-20-17-14-11-8-5-2/h7,10,16,19,23,25,28-29,32-33,56H,4-6,8-9,11-15,17-18,20-22,24,26-27,30-31,34-55H2,1-3H3/b10-7-,19-16-,25-23-,29-28-,33-32-. The highest BCUT2D eigenvalue weighted by Crippen LogP contribution is 2.16. The Morgan fingerprint density at radius 1 is 0.323 bits per heavy atom. The maximum Gasteiger partial charge on any atom is 0.306 e. The zero-order valence-corrected chi connectivity index (χ0v) is 43.0. The van der Waals surface area contributed by atoms with E-state index >= 15 is 0 Å². The normalized spacial score (nSPS) is 12.5. The van der Waals surface area contributed by atoms with Crippen LogP contribution in [0.2, 0.25) is 0 Å². The summed E-state index contributed by atoms with van der Waals surface area (Å²) in [5.74, 6) is -0.888. The van der Waals surface area contributed by atoms with Gasteiger partial charge in [-0.05, 0) is 64.2 Å². The Bertz CT molecular complexity index is 1180. The maximum absolute atomic E-state index is 12.8. The SMILES string of the molecule is CC/C=C\C/C=C\C/C=C\C/C=C\C/C=C\CCCCCCCC(=O)OCC(COC(=O)CCCCCCCCCCC)OC(=O)CCCCCCCCCCCCCCCCCCC. The van der Waals surface area contributed by atoms with E-state index in [-0.39, 0.29) is 31.1 Å². The lowest BCUT2D eigenvalue weighted by Gasteiger charge is -2.18. The second kappa shape index (κ2) is 53.7. The van der Waals surface area contributed by atoms with E-state index in [1.165, 1.54) is 128 Å². The number of hydrogen-bond donors (Lipinski definition) is 0. The van der Waals surface area contributed by atoms with Gasteiger partial charge in [0.1, 0.15) is 13.2 Å². The molecule has 1 atom stereocenters. The molecule has 6 heteroatoms. The quantitative estimate of drug-likeness (QED) is 0.0262. The minimum absolute atomic E-state index is 0.0772. The maximum atomic E-state index is 12.8. The van der Waals surface area contributed by atoms with Crippen LogP contribution in [0.5, 0.6) is 0 Å². The van der Waals surface area contributed by atoms with Crippen molar-refractivity contribution in [3.05, 3.63) is 60.8 Å². The smallest absolute Gasteiger partial charge is 0.306 e. The van der Waals surface area contributed by atoms with Gasteiger partial charge in [-0.1, -0.05) is 255 Å². The fourth-order valence-corrected chi connectivity index (χ4v) is 7.88. The topological polar surface area (TPSA) is 78.9 Å². The van der Waals surface area contributed by atoms with Gasteiger partial charge in [-0.25, -0.2) is 0 Å². The molecule has 0 saturated heterocycles. The summed E-state index contributed by atoms with van der Waals surface area (Å²) < 4.78 is 16.8. The number of carbonyl (C=O) groups excluding carboxylic acids is 3. The molecule has 65 heavy (non-hydrogen) atoms. The van der Waals surface area contributed by atoms with Gasteiger partial charge >= 0.3 is 17.9 Å². The van der Waals surface area contributed by atoms with Gasteiger partial charge in [0.2, 0.25) is 0 Å². The van der Waals surface area contributed by atoms with E-state index in [0.29, 0.717) is 19.3 Å². The molecule has 0 bridgehead atoms. The van der Waals surface area contributed by atoms with E-state index in [2.05, 4.69) is 81.5 Å². The summed E-state index contributed by atoms with van der Waals surface area (Å²) in [5, 5.41) is 0. The van der Waals surface area contributed by atoms with Crippen LogP contribution in [0, 0.1) is 0 Å². The molecule has 376 valence electrons. The van der Waals surface area contributed by atoms with E-state index in [1.54, 1.807) is 0 Å². The van der Waals surface area contributed by atoms with Gasteiger partial charge in [0.15, 0.2) is 6.10 Å². The Morgan fingerprint density at radius 3 is 0.938 bits per heavy atom. The predicted octanol–water partition coefficient (Wildman–Crippen LogP) is 18.4. The summed E-state index contributed by atoms with van der Waals surface area (Å²) in [6.07, 6.45) is 66.4. The molecule has 0 N–H and O–H groups in total. The molecule has 0 aliphatic carbocycles. The molecule has 0 fully saturated rings. The Hall–Kier alpha value is -2.89. The lowest BCUT2D eigenvalue weighted by molar-refractivity contribution is -0.167. The lowest BCUT2D eigenvalue weighted by Crippen LogP contribution is -2.30. The number of allylic oxidation sites excluding steroid dienone is 10. The van der Waals surface area contributed by atoms with E-state index < -0.39 is 6.10 Å². The van der Waals surface area contributed by atoms with Crippen molar-refractivity contribution in [3.63, 3.8) is 0 Å². The van der Waals surface area contributed by atoms with Gasteiger partial charge in [-0.2, -0.15) is 0 Å². The van der Waals surface area contributed by atoms with Crippen molar-refractivity contribution < 1.29 is 28.6 Å². The van der Waals surface area contributed by atoms with Crippen molar-refractivity contribution in [2.24, 2.45) is 0 Å². The number of esters is 3. The molecule has 0 aromatic carbocycles. The predicted molar refractivity (Wildman–Crippen MR) is 279 cm³/mol. The first kappa shape index (κ1) is 62.1. The molecule has 6 nitrogen and oxygen atoms in total. The highest BCUT2D eigenvalue weighted by molar-refractivity contribution is 5.71. The minimum Gasteiger partial charge on any atom is -0.462 e. The number of unbranched alkanes of at least 4 members (excludes halogenated alkanes) is 29. The second-order valence-electron chi connectivity index (χ2n) is 18.5. The average molecular weight is 909 g/mol. The molecule has 0 spiro atoms. The van der Waals surface area contributed by atoms with Gasteiger partial charge in [-0.3, -0.25) is 14.4 Å². The molecule has 0 saturated carbocycles. The first-order valence-corrected chi connectivity index (χ1v) is 27.8. The summed E-state index contributed by atoms with van der Waals surface area (Å²) in [5.41, 5.74) is 0. The van der Waals surface area contributed by atoms with Gasteiger partial charge in [0.05, 0.1) is 0 Å². The van der Waals surface area contributed by atoms with Crippen LogP contribution in [0.1, 0.15) is 278 Å². The van der Waals surface area contributed by atoms with Crippen molar-refractivity contribution >= 4 is 17.9 Å². The van der Waals surface area contributed by atoms with E-state index in [1.807, 2.05) is 0 Å². The first-order valence-electron chi connectivity index (χ1n) is 27.8. The van der Waals surface area contributed by atoms with E-state index in [4.69, 9.17) is 14.2 Å². The van der Waals surface area contributed by atoms with Gasteiger partial charge in [0.25, 0.3) is 0 Å². The van der Waals surface area contributed by atoms with Crippen LogP contribution in [-0.4, -0.2) is 37.2 Å². The second-order valence-corrected chi connectivity index (χ2v) is 18.5. The van der Waals surface area contributed by atoms with Gasteiger partial charge in [0, 0.05) is 19.3 Å². The largest absolute Gasteiger partial charge is 0.462 e. The van der Waals surface area contributed by atoms with Crippen LogP contribution >= 0.6 is 0 Å². The van der Waals surface area contributed by atoms with Crippen molar-refractivity contribution in [2.45, 2.75) is 284 Å². The Kier molecular flexibility index (Phi) is 51.3. The zero-order valence-electron chi connectivity index (χ0n) is 43.0. The molecule has 0 aliphatic heterocycles. The fraction of sp³-hybridized carbons (Fsp3) is 0.780. The van der Waals surface area contributed by atoms with E-state index in [0.717, 1.165) is 109 Å². The Labute approximate surface area is 402 Å². The average Bonchev–Trinajstić information content (AvgIpc) is 3.30. The van der Waals surface area contributed by atoms with Crippen LogP contribution in [-0.2, 0) is 28.6 Å². The molecule has 0 amide bonds. The van der Waals surface area contributed by atoms with Crippen LogP contribution in [0.25, 0.3) is 0 Å². The highest BCUT2D eigenvalue weighted by Gasteiger charge is 2.19. The lowest BCUT2D eigenvalue weighted by atomic mass is 10.0. The molecule has 0 rings (SSSR count). The van der Waals surface area contributed by atoms with Crippen molar-refractivity contribution in [1.29, 1.82) is 0 Å². The third-order valence-electron chi connectivity index (χ3n) is 12.0. The zero-order chi connectivity index (χ0) is 47.2. The van der Waals surface area contributed by atoms with Gasteiger partial charge < -0.3 is 14.2 Å². The molecule has 1 unspecified atom stereocenters. The van der Waals surface area contributed by atoms with E-state index in [9.17, 15) is 14.4 Å². The molecular weight excluding hydrogens is 805 g/mol. The monoisotopic (exact) mass is 909 g/mol. The van der Waals surface area contributed by atoms with Gasteiger partial charge in [-0.15, -0.1) is 0 Å². The molecule has 0 aliphatic rings. The Morgan fingerprint density at radius 2 is 0.600 bits per heavy atom. The highest BCUT2D eigenvalue weighted by atomic mass is 16.6. The van der Waals surface area contributed by atoms with Crippen LogP contribution in [0.4, 0.5) is 0 Å². The summed E-state index contributed by atoms with van der Waals surface area (Å²) in [6, 6.07) is 0. The molecule has 0 aromatic rings. The molecular formula is C59H104O6. The fourth-order valence-electron chi connectivity index (χ4n) is 7.88. The van der Waals surface area contributed by atoms with Crippen LogP contribution in [0.15, 0.2) is 60.8 Å². The summed E-state index contributed by atoms with van der Waals surface area (Å²) in [4.78, 5) is 38.0. The first-order chi connectivity index (χ1) is 32.0. The Balaban J connectivity index is 4.31. The molecule has 0 aromatic heterocycles. The van der Waals surface area contributed by atoms with Crippen LogP contribution in [0.3, 0.4) is 0 Å². The van der Waals surface area contributed by atoms with Crippen LogP contribution < -0.4 is 0 Å². The number of hydrogen-bond acceptors (Lipinski definition) is 6. The number of rotatable bonds is 50. The summed E-state index contributed by atoms with van der Waals surface area (Å²) >= 11 is 0. The number of carbonyl (C=O) groups is 3. The summed E-state index contributed by atoms with van der Waals surface area (Å²) in [7, 11) is 0. The summed E-state index contributed by atoms with van der Waals surface area (Å²) in [6.45, 7) is 6.51. The minimum atomic E-state index is -0.778. The molecule has 0 radical (unpaired) electrons. The van der Waals surface area contributed by atoms with Crippen molar-refractivity contribution in [2.75, 3.05) is 13.2 Å². The third-order valence-corrected chi connectivity index (χ3v) is 12.0. The van der Waals surface area contributed by atoms with Crippen molar-refractivity contribution in [1.82, 2.24) is 0 Å².